The zero-order valence-electron chi connectivity index (χ0n) is 10.2. The van der Waals surface area contributed by atoms with Crippen molar-refractivity contribution in [2.24, 2.45) is 0 Å². The molecule has 3 heteroatoms. The molecule has 1 atom stereocenters. The molecule has 0 aliphatic carbocycles. The lowest BCUT2D eigenvalue weighted by Gasteiger charge is -2.24. The van der Waals surface area contributed by atoms with E-state index in [1.807, 2.05) is 0 Å². The largest absolute Gasteiger partial charge is 0.309 e. The Morgan fingerprint density at radius 1 is 1.33 bits per heavy atom. The minimum Gasteiger partial charge on any atom is -0.309 e. The van der Waals surface area contributed by atoms with Crippen LogP contribution in [0.25, 0.3) is 0 Å². The Labute approximate surface area is 99.6 Å². The van der Waals surface area contributed by atoms with Crippen LogP contribution >= 0.6 is 11.6 Å². The third-order valence-corrected chi connectivity index (χ3v) is 3.49. The molecule has 0 aromatic carbocycles. The van der Waals surface area contributed by atoms with E-state index in [1.165, 1.54) is 51.7 Å². The van der Waals surface area contributed by atoms with Gasteiger partial charge in [0.05, 0.1) is 0 Å². The van der Waals surface area contributed by atoms with Gasteiger partial charge >= 0.3 is 0 Å². The molecule has 1 aliphatic heterocycles. The van der Waals surface area contributed by atoms with Gasteiger partial charge in [0, 0.05) is 11.9 Å². The summed E-state index contributed by atoms with van der Waals surface area (Å²) in [6.45, 7) is 3.78. The summed E-state index contributed by atoms with van der Waals surface area (Å²) in [6.07, 6.45) is 6.54. The van der Waals surface area contributed by atoms with Crippen molar-refractivity contribution in [3.05, 3.63) is 0 Å². The van der Waals surface area contributed by atoms with Crippen molar-refractivity contribution in [1.29, 1.82) is 0 Å². The van der Waals surface area contributed by atoms with Crippen LogP contribution < -0.4 is 0 Å². The van der Waals surface area contributed by atoms with Crippen molar-refractivity contribution >= 4 is 11.6 Å². The molecule has 1 heterocycles. The fourth-order valence-electron chi connectivity index (χ4n) is 2.42. The zero-order valence-corrected chi connectivity index (χ0v) is 11.0. The predicted molar refractivity (Wildman–Crippen MR) is 67.7 cm³/mol. The molecule has 1 fully saturated rings. The number of rotatable bonds is 7. The molecule has 1 unspecified atom stereocenters. The normalized spacial score (nSPS) is 22.8. The number of alkyl halides is 1. The molecule has 90 valence electrons. The summed E-state index contributed by atoms with van der Waals surface area (Å²) in [4.78, 5) is 4.93. The quantitative estimate of drug-likeness (QED) is 0.623. The molecule has 0 aromatic rings. The van der Waals surface area contributed by atoms with E-state index in [2.05, 4.69) is 23.9 Å². The van der Waals surface area contributed by atoms with Crippen molar-refractivity contribution in [2.45, 2.75) is 38.1 Å². The third-order valence-electron chi connectivity index (χ3n) is 3.22. The Hall–Kier alpha value is 0.210. The Morgan fingerprint density at radius 2 is 2.13 bits per heavy atom. The molecule has 0 amide bonds. The van der Waals surface area contributed by atoms with Gasteiger partial charge in [0.25, 0.3) is 0 Å². The number of hydrogen-bond acceptors (Lipinski definition) is 2. The average Bonchev–Trinajstić information content (AvgIpc) is 2.62. The Kier molecular flexibility index (Phi) is 6.62. The van der Waals surface area contributed by atoms with Gasteiger partial charge in [0.1, 0.15) is 0 Å². The Bertz CT molecular complexity index is 162. The van der Waals surface area contributed by atoms with E-state index in [1.54, 1.807) is 0 Å². The maximum Gasteiger partial charge on any atom is 0.0224 e. The molecule has 0 aromatic heterocycles. The first-order valence-corrected chi connectivity index (χ1v) is 6.72. The van der Waals surface area contributed by atoms with Crippen LogP contribution in [0.3, 0.4) is 0 Å². The smallest absolute Gasteiger partial charge is 0.0224 e. The van der Waals surface area contributed by atoms with Crippen molar-refractivity contribution < 1.29 is 0 Å². The molecule has 0 bridgehead atoms. The minimum atomic E-state index is 0.821. The van der Waals surface area contributed by atoms with Gasteiger partial charge in [-0.25, -0.2) is 0 Å². The van der Waals surface area contributed by atoms with E-state index in [0.29, 0.717) is 0 Å². The maximum atomic E-state index is 5.75. The number of nitrogens with zero attached hydrogens (tertiary/aromatic N) is 2. The summed E-state index contributed by atoms with van der Waals surface area (Å²) >= 11 is 5.75. The van der Waals surface area contributed by atoms with Crippen molar-refractivity contribution in [3.63, 3.8) is 0 Å². The summed E-state index contributed by atoms with van der Waals surface area (Å²) in [6, 6.07) is 0.825. The zero-order chi connectivity index (χ0) is 11.1. The first-order valence-electron chi connectivity index (χ1n) is 6.19. The second kappa shape index (κ2) is 7.48. The second-order valence-corrected chi connectivity index (χ2v) is 5.20. The highest BCUT2D eigenvalue weighted by Gasteiger charge is 2.22. The van der Waals surface area contributed by atoms with Crippen molar-refractivity contribution in [1.82, 2.24) is 9.80 Å². The minimum absolute atomic E-state index is 0.821. The van der Waals surface area contributed by atoms with E-state index < -0.39 is 0 Å². The standard InChI is InChI=1S/C12H25ClN2/c1-14(2)9-5-11-15-10-4-7-12(15)6-3-8-13/h12H,3-11H2,1-2H3. The van der Waals surface area contributed by atoms with Crippen molar-refractivity contribution in [2.75, 3.05) is 39.6 Å². The molecular formula is C12H25ClN2. The highest BCUT2D eigenvalue weighted by molar-refractivity contribution is 6.17. The van der Waals surface area contributed by atoms with Gasteiger partial charge in [-0.3, -0.25) is 0 Å². The predicted octanol–water partition coefficient (Wildman–Crippen LogP) is 2.42. The van der Waals surface area contributed by atoms with Crippen LogP contribution in [0.1, 0.15) is 32.1 Å². The number of hydrogen-bond donors (Lipinski definition) is 0. The van der Waals surface area contributed by atoms with Crippen LogP contribution in [0.15, 0.2) is 0 Å². The fourth-order valence-corrected chi connectivity index (χ4v) is 2.57. The van der Waals surface area contributed by atoms with E-state index in [0.717, 1.165) is 11.9 Å². The monoisotopic (exact) mass is 232 g/mol. The highest BCUT2D eigenvalue weighted by atomic mass is 35.5. The molecule has 2 nitrogen and oxygen atoms in total. The van der Waals surface area contributed by atoms with Gasteiger partial charge in [-0.1, -0.05) is 0 Å². The summed E-state index contributed by atoms with van der Waals surface area (Å²) in [5, 5.41) is 0. The van der Waals surface area contributed by atoms with Gasteiger partial charge in [-0.2, -0.15) is 0 Å². The fraction of sp³-hybridized carbons (Fsp3) is 1.00. The first kappa shape index (κ1) is 13.3. The molecule has 0 saturated carbocycles. The SMILES string of the molecule is CN(C)CCCN1CCCC1CCCCl. The molecule has 1 saturated heterocycles. The molecule has 0 radical (unpaired) electrons. The van der Waals surface area contributed by atoms with Gasteiger partial charge in [0.2, 0.25) is 0 Å². The Morgan fingerprint density at radius 3 is 2.80 bits per heavy atom. The lowest BCUT2D eigenvalue weighted by Crippen LogP contribution is -2.32. The van der Waals surface area contributed by atoms with Crippen LogP contribution in [-0.2, 0) is 0 Å². The summed E-state index contributed by atoms with van der Waals surface area (Å²) in [7, 11) is 4.30. The van der Waals surface area contributed by atoms with Crippen LogP contribution in [0.2, 0.25) is 0 Å². The van der Waals surface area contributed by atoms with Gasteiger partial charge in [-0.15, -0.1) is 11.6 Å². The third kappa shape index (κ3) is 5.19. The molecular weight excluding hydrogens is 208 g/mol. The van der Waals surface area contributed by atoms with Crippen LogP contribution in [-0.4, -0.2) is 55.5 Å². The van der Waals surface area contributed by atoms with Crippen molar-refractivity contribution in [3.8, 4) is 0 Å². The van der Waals surface area contributed by atoms with E-state index >= 15 is 0 Å². The van der Waals surface area contributed by atoms with E-state index in [-0.39, 0.29) is 0 Å². The van der Waals surface area contributed by atoms with Gasteiger partial charge in [0.15, 0.2) is 0 Å². The number of likely N-dealkylation sites (tertiary alicyclic amines) is 1. The second-order valence-electron chi connectivity index (χ2n) is 4.82. The summed E-state index contributed by atoms with van der Waals surface area (Å²) in [5.74, 6) is 0.821. The maximum absolute atomic E-state index is 5.75. The molecule has 0 N–H and O–H groups in total. The van der Waals surface area contributed by atoms with Crippen LogP contribution in [0, 0.1) is 0 Å². The van der Waals surface area contributed by atoms with Crippen LogP contribution in [0.5, 0.6) is 0 Å². The molecule has 1 rings (SSSR count). The highest BCUT2D eigenvalue weighted by Crippen LogP contribution is 2.21. The van der Waals surface area contributed by atoms with Gasteiger partial charge < -0.3 is 9.80 Å². The molecule has 15 heavy (non-hydrogen) atoms. The average molecular weight is 233 g/mol. The topological polar surface area (TPSA) is 6.48 Å². The first-order chi connectivity index (χ1) is 7.24. The van der Waals surface area contributed by atoms with E-state index in [9.17, 15) is 0 Å². The lowest BCUT2D eigenvalue weighted by molar-refractivity contribution is 0.228. The summed E-state index contributed by atoms with van der Waals surface area (Å²) in [5.41, 5.74) is 0. The Balaban J connectivity index is 2.15. The summed E-state index contributed by atoms with van der Waals surface area (Å²) < 4.78 is 0. The van der Waals surface area contributed by atoms with E-state index in [4.69, 9.17) is 11.6 Å². The van der Waals surface area contributed by atoms with Gasteiger partial charge in [-0.05, 0) is 65.8 Å². The van der Waals surface area contributed by atoms with Crippen LogP contribution in [0.4, 0.5) is 0 Å². The molecule has 0 spiro atoms. The number of halogens is 1. The lowest BCUT2D eigenvalue weighted by atomic mass is 10.1. The molecule has 1 aliphatic rings.